The van der Waals surface area contributed by atoms with Gasteiger partial charge in [-0.1, -0.05) is 0 Å². The Balaban J connectivity index is 1.69. The summed E-state index contributed by atoms with van der Waals surface area (Å²) in [6, 6.07) is 19.2. The third-order valence-corrected chi connectivity index (χ3v) is 6.37. The van der Waals surface area contributed by atoms with E-state index in [0.29, 0.717) is 21.6 Å². The van der Waals surface area contributed by atoms with Crippen molar-refractivity contribution in [2.75, 3.05) is 6.61 Å². The molecular formula is C22H25NOSe. The number of hydrogen-bond acceptors (Lipinski definition) is 2. The molecule has 1 aliphatic heterocycles. The monoisotopic (exact) mass is 399 g/mol. The van der Waals surface area contributed by atoms with Gasteiger partial charge in [0.15, 0.2) is 0 Å². The topological polar surface area (TPSA) is 21.6 Å². The van der Waals surface area contributed by atoms with E-state index in [4.69, 9.17) is 9.73 Å². The molecule has 25 heavy (non-hydrogen) atoms. The average molecular weight is 398 g/mol. The molecule has 1 heterocycles. The minimum atomic E-state index is 0.139. The number of allylic oxidation sites excluding steroid dienone is 1. The van der Waals surface area contributed by atoms with Crippen molar-refractivity contribution >= 4 is 31.4 Å². The van der Waals surface area contributed by atoms with Gasteiger partial charge in [-0.25, -0.2) is 0 Å². The van der Waals surface area contributed by atoms with Crippen LogP contribution in [-0.2, 0) is 4.74 Å². The number of benzene rings is 2. The number of aliphatic imine (C=N–C) groups is 1. The van der Waals surface area contributed by atoms with Crippen LogP contribution in [0.15, 0.2) is 65.7 Å². The molecule has 0 aliphatic carbocycles. The molecule has 3 heteroatoms. The minimum absolute atomic E-state index is 0.139. The fraction of sp³-hybridized carbons (Fsp3) is 0.318. The standard InChI is InChI=1S/C22H25NOSe/c1-22(2,3)20-16-24-21(23-20)18-13-7-8-14-19(18)25-15-9-12-17-10-5-4-6-11-17/h4-14,20H,15-16H2,1-3H3/b12-9+/t20-/m1/s1. The summed E-state index contributed by atoms with van der Waals surface area (Å²) in [5.41, 5.74) is 2.56. The quantitative estimate of drug-likeness (QED) is 0.687. The number of hydrogen-bond donors (Lipinski definition) is 0. The van der Waals surface area contributed by atoms with Crippen LogP contribution in [-0.4, -0.2) is 33.5 Å². The van der Waals surface area contributed by atoms with Gasteiger partial charge < -0.3 is 0 Å². The molecule has 0 N–H and O–H groups in total. The van der Waals surface area contributed by atoms with Crippen LogP contribution in [0.1, 0.15) is 31.9 Å². The van der Waals surface area contributed by atoms with Gasteiger partial charge in [-0.3, -0.25) is 0 Å². The van der Waals surface area contributed by atoms with E-state index in [0.717, 1.165) is 11.2 Å². The molecular weight excluding hydrogens is 373 g/mol. The zero-order valence-electron chi connectivity index (χ0n) is 15.1. The van der Waals surface area contributed by atoms with E-state index in [9.17, 15) is 0 Å². The summed E-state index contributed by atoms with van der Waals surface area (Å²) in [5, 5.41) is 1.06. The molecule has 1 aliphatic rings. The molecule has 0 amide bonds. The predicted molar refractivity (Wildman–Crippen MR) is 108 cm³/mol. The van der Waals surface area contributed by atoms with Gasteiger partial charge in [0.25, 0.3) is 0 Å². The van der Waals surface area contributed by atoms with E-state index in [2.05, 4.69) is 81.5 Å². The Labute approximate surface area is 157 Å². The Morgan fingerprint density at radius 3 is 2.52 bits per heavy atom. The Kier molecular flexibility index (Phi) is 5.78. The first-order valence-electron chi connectivity index (χ1n) is 8.68. The third kappa shape index (κ3) is 4.84. The fourth-order valence-corrected chi connectivity index (χ4v) is 4.42. The second kappa shape index (κ2) is 8.03. The van der Waals surface area contributed by atoms with Crippen molar-refractivity contribution < 1.29 is 4.74 Å². The summed E-state index contributed by atoms with van der Waals surface area (Å²) in [5.74, 6) is 0.824. The summed E-state index contributed by atoms with van der Waals surface area (Å²) in [6.45, 7) is 7.35. The van der Waals surface area contributed by atoms with Crippen molar-refractivity contribution in [3.63, 3.8) is 0 Å². The molecule has 0 saturated heterocycles. The zero-order chi connectivity index (χ0) is 17.7. The first kappa shape index (κ1) is 18.0. The molecule has 0 saturated carbocycles. The van der Waals surface area contributed by atoms with E-state index in [1.165, 1.54) is 15.6 Å². The van der Waals surface area contributed by atoms with Crippen LogP contribution in [0.5, 0.6) is 0 Å². The zero-order valence-corrected chi connectivity index (χ0v) is 16.8. The Hall–Kier alpha value is -1.83. The average Bonchev–Trinajstić information content (AvgIpc) is 3.10. The first-order chi connectivity index (χ1) is 12.0. The van der Waals surface area contributed by atoms with Crippen LogP contribution in [0, 0.1) is 5.41 Å². The van der Waals surface area contributed by atoms with Gasteiger partial charge >= 0.3 is 157 Å². The molecule has 1 atom stereocenters. The Bertz CT molecular complexity index is 759. The van der Waals surface area contributed by atoms with Crippen LogP contribution in [0.4, 0.5) is 0 Å². The fourth-order valence-electron chi connectivity index (χ4n) is 2.62. The van der Waals surface area contributed by atoms with Crippen molar-refractivity contribution in [3.8, 4) is 0 Å². The number of nitrogens with zero attached hydrogens (tertiary/aromatic N) is 1. The second-order valence-electron chi connectivity index (χ2n) is 7.25. The summed E-state index contributed by atoms with van der Waals surface area (Å²) < 4.78 is 7.30. The first-order valence-corrected chi connectivity index (χ1v) is 10.8. The maximum absolute atomic E-state index is 5.94. The van der Waals surface area contributed by atoms with E-state index < -0.39 is 0 Å². The summed E-state index contributed by atoms with van der Waals surface area (Å²) in [4.78, 5) is 4.85. The van der Waals surface area contributed by atoms with Gasteiger partial charge in [0, 0.05) is 0 Å². The van der Waals surface area contributed by atoms with Crippen LogP contribution < -0.4 is 4.46 Å². The van der Waals surface area contributed by atoms with Gasteiger partial charge in [0.05, 0.1) is 0 Å². The summed E-state index contributed by atoms with van der Waals surface area (Å²) in [6.07, 6.45) is 4.46. The van der Waals surface area contributed by atoms with Crippen LogP contribution in [0.25, 0.3) is 6.08 Å². The van der Waals surface area contributed by atoms with E-state index >= 15 is 0 Å². The van der Waals surface area contributed by atoms with Crippen molar-refractivity contribution in [2.45, 2.75) is 32.1 Å². The van der Waals surface area contributed by atoms with Gasteiger partial charge in [0.2, 0.25) is 0 Å². The van der Waals surface area contributed by atoms with Crippen LogP contribution in [0.3, 0.4) is 0 Å². The SMILES string of the molecule is CC(C)(C)[C@H]1COC(c2ccccc2[Se]C/C=C/c2ccccc2)=N1. The molecule has 0 bridgehead atoms. The Morgan fingerprint density at radius 1 is 1.08 bits per heavy atom. The molecule has 3 rings (SSSR count). The molecule has 0 spiro atoms. The van der Waals surface area contributed by atoms with Crippen LogP contribution >= 0.6 is 0 Å². The molecule has 0 aromatic heterocycles. The van der Waals surface area contributed by atoms with Crippen molar-refractivity contribution in [2.24, 2.45) is 10.4 Å². The molecule has 130 valence electrons. The second-order valence-corrected chi connectivity index (χ2v) is 9.48. The maximum atomic E-state index is 5.94. The summed E-state index contributed by atoms with van der Waals surface area (Å²) >= 11 is 0.369. The van der Waals surface area contributed by atoms with Crippen molar-refractivity contribution in [1.29, 1.82) is 0 Å². The van der Waals surface area contributed by atoms with E-state index in [1.54, 1.807) is 0 Å². The van der Waals surface area contributed by atoms with Gasteiger partial charge in [-0.2, -0.15) is 0 Å². The molecule has 2 nitrogen and oxygen atoms in total. The van der Waals surface area contributed by atoms with Crippen molar-refractivity contribution in [1.82, 2.24) is 0 Å². The van der Waals surface area contributed by atoms with Crippen LogP contribution in [0.2, 0.25) is 5.32 Å². The molecule has 2 aromatic rings. The number of rotatable bonds is 5. The van der Waals surface area contributed by atoms with E-state index in [-0.39, 0.29) is 11.5 Å². The Morgan fingerprint density at radius 2 is 1.80 bits per heavy atom. The third-order valence-electron chi connectivity index (χ3n) is 4.21. The predicted octanol–water partition coefficient (Wildman–Crippen LogP) is 4.34. The van der Waals surface area contributed by atoms with Gasteiger partial charge in [0.1, 0.15) is 0 Å². The van der Waals surface area contributed by atoms with Gasteiger partial charge in [-0.15, -0.1) is 0 Å². The summed E-state index contributed by atoms with van der Waals surface area (Å²) in [7, 11) is 0. The molecule has 0 fully saturated rings. The molecule has 2 aromatic carbocycles. The van der Waals surface area contributed by atoms with E-state index in [1.807, 2.05) is 6.07 Å². The van der Waals surface area contributed by atoms with Crippen molar-refractivity contribution in [3.05, 3.63) is 71.8 Å². The van der Waals surface area contributed by atoms with Gasteiger partial charge in [-0.05, 0) is 0 Å². The molecule has 0 radical (unpaired) electrons. The number of ether oxygens (including phenoxy) is 1. The molecule has 0 unspecified atom stereocenters. The normalized spacial score (nSPS) is 17.6.